The highest BCUT2D eigenvalue weighted by atomic mass is 16.4. The van der Waals surface area contributed by atoms with E-state index in [1.54, 1.807) is 6.92 Å². The maximum atomic E-state index is 11.0. The molecule has 0 aliphatic heterocycles. The highest BCUT2D eigenvalue weighted by molar-refractivity contribution is 6.04. The largest absolute Gasteiger partial charge is 0.507 e. The monoisotopic (exact) mass is 254 g/mol. The van der Waals surface area contributed by atoms with Crippen LogP contribution < -0.4 is 0 Å². The molecule has 0 aromatic heterocycles. The predicted octanol–water partition coefficient (Wildman–Crippen LogP) is 1.53. The van der Waals surface area contributed by atoms with Gasteiger partial charge in [-0.2, -0.15) is 0 Å². The molecule has 3 N–H and O–H groups in total. The highest BCUT2D eigenvalue weighted by Crippen LogP contribution is 2.31. The van der Waals surface area contributed by atoms with Gasteiger partial charge in [-0.25, -0.2) is 9.59 Å². The van der Waals surface area contributed by atoms with Crippen molar-refractivity contribution in [2.24, 2.45) is 0 Å². The predicted molar refractivity (Wildman–Crippen MR) is 63.4 cm³/mol. The minimum absolute atomic E-state index is 0.0769. The number of rotatable bonds is 2. The van der Waals surface area contributed by atoms with E-state index in [0.717, 1.165) is 0 Å². The highest BCUT2D eigenvalue weighted by Gasteiger charge is 2.25. The summed E-state index contributed by atoms with van der Waals surface area (Å²) in [5, 5.41) is 27.6. The number of carboxylic acids is 2. The van der Waals surface area contributed by atoms with Crippen molar-refractivity contribution in [1.82, 2.24) is 0 Å². The first-order valence-electron chi connectivity index (χ1n) is 4.87. The first-order chi connectivity index (χ1) is 8.29. The van der Waals surface area contributed by atoms with E-state index in [-0.39, 0.29) is 28.0 Å². The van der Waals surface area contributed by atoms with Crippen LogP contribution in [0.3, 0.4) is 0 Å². The van der Waals surface area contributed by atoms with Crippen LogP contribution in [0.2, 0.25) is 0 Å². The second-order valence-corrected chi connectivity index (χ2v) is 3.58. The molecule has 6 nitrogen and oxygen atoms in total. The zero-order valence-electron chi connectivity index (χ0n) is 10.3. The van der Waals surface area contributed by atoms with Crippen LogP contribution in [0.4, 0.5) is 0 Å². The summed E-state index contributed by atoms with van der Waals surface area (Å²) < 4.78 is 0. The van der Waals surface area contributed by atoms with Crippen molar-refractivity contribution in [3.63, 3.8) is 0 Å². The lowest BCUT2D eigenvalue weighted by atomic mass is 9.92. The molecule has 0 aliphatic carbocycles. The molecule has 0 saturated heterocycles. The van der Waals surface area contributed by atoms with Gasteiger partial charge in [-0.1, -0.05) is 0 Å². The number of phenols is 1. The molecule has 0 spiro atoms. The third-order valence-electron chi connectivity index (χ3n) is 2.70. The molecule has 0 bridgehead atoms. The Morgan fingerprint density at radius 3 is 1.50 bits per heavy atom. The van der Waals surface area contributed by atoms with E-state index >= 15 is 0 Å². The van der Waals surface area contributed by atoms with E-state index in [2.05, 4.69) is 0 Å². The number of carbonyl (C=O) groups is 3. The summed E-state index contributed by atoms with van der Waals surface area (Å²) in [6, 6.07) is 0. The van der Waals surface area contributed by atoms with Crippen molar-refractivity contribution in [3.8, 4) is 5.75 Å². The summed E-state index contributed by atoms with van der Waals surface area (Å²) in [7, 11) is 0. The molecule has 0 saturated carbocycles. The maximum absolute atomic E-state index is 11.0. The second-order valence-electron chi connectivity index (χ2n) is 3.58. The molecule has 0 fully saturated rings. The number of benzene rings is 1. The van der Waals surface area contributed by atoms with Gasteiger partial charge >= 0.3 is 11.9 Å². The Morgan fingerprint density at radius 1 is 0.833 bits per heavy atom. The van der Waals surface area contributed by atoms with Gasteiger partial charge in [0, 0.05) is 5.56 Å². The molecule has 1 rings (SSSR count). The van der Waals surface area contributed by atoms with Crippen LogP contribution in [0.25, 0.3) is 0 Å². The minimum atomic E-state index is -1.35. The van der Waals surface area contributed by atoms with Crippen LogP contribution in [-0.2, 0) is 4.79 Å². The fraction of sp³-hybridized carbons (Fsp3) is 0.250. The van der Waals surface area contributed by atoms with Crippen LogP contribution in [0, 0.1) is 20.8 Å². The number of hydrogen-bond donors (Lipinski definition) is 3. The summed E-state index contributed by atoms with van der Waals surface area (Å²) in [6.45, 7) is 6.41. The minimum Gasteiger partial charge on any atom is -0.507 e. The fourth-order valence-corrected chi connectivity index (χ4v) is 1.67. The number of aromatic hydroxyl groups is 1. The third-order valence-corrected chi connectivity index (χ3v) is 2.70. The average Bonchev–Trinajstić information content (AvgIpc) is 2.32. The fourth-order valence-electron chi connectivity index (χ4n) is 1.67. The number of carbonyl (C=O) groups excluding carboxylic acids is 1. The number of carboxylic acid groups (broad SMARTS) is 2. The summed E-state index contributed by atoms with van der Waals surface area (Å²) in [5.41, 5.74) is 0.120. The van der Waals surface area contributed by atoms with Gasteiger partial charge in [0.2, 0.25) is 0 Å². The lowest BCUT2D eigenvalue weighted by Gasteiger charge is -2.14. The molecule has 0 radical (unpaired) electrons. The van der Waals surface area contributed by atoms with Crippen LogP contribution in [-0.4, -0.2) is 34.0 Å². The summed E-state index contributed by atoms with van der Waals surface area (Å²) in [5.74, 6) is -2.82. The first-order valence-corrected chi connectivity index (χ1v) is 4.87. The number of aromatic carboxylic acids is 2. The molecule has 0 heterocycles. The van der Waals surface area contributed by atoms with Crippen molar-refractivity contribution in [2.75, 3.05) is 0 Å². The Morgan fingerprint density at radius 2 is 1.17 bits per heavy atom. The molecule has 6 heteroatoms. The molecule has 0 amide bonds. The molecule has 1 aromatic rings. The maximum Gasteiger partial charge on any atom is 0.336 e. The summed E-state index contributed by atoms with van der Waals surface area (Å²) in [4.78, 5) is 30.0. The quantitative estimate of drug-likeness (QED) is 0.737. The number of hydrogen-bond acceptors (Lipinski definition) is 4. The Hall–Kier alpha value is -2.37. The van der Waals surface area contributed by atoms with E-state index < -0.39 is 11.9 Å². The van der Waals surface area contributed by atoms with Crippen molar-refractivity contribution >= 4 is 18.7 Å². The summed E-state index contributed by atoms with van der Waals surface area (Å²) in [6.07, 6.45) is 0. The van der Waals surface area contributed by atoms with Gasteiger partial charge in [0.25, 0.3) is 0 Å². The average molecular weight is 254 g/mol. The molecule has 0 atom stereocenters. The van der Waals surface area contributed by atoms with Gasteiger partial charge in [-0.15, -0.1) is 0 Å². The van der Waals surface area contributed by atoms with Gasteiger partial charge in [-0.05, 0) is 31.9 Å². The zero-order valence-corrected chi connectivity index (χ0v) is 10.3. The Labute approximate surface area is 103 Å². The van der Waals surface area contributed by atoms with Crippen LogP contribution in [0.1, 0.15) is 37.4 Å². The van der Waals surface area contributed by atoms with E-state index in [0.29, 0.717) is 5.56 Å². The normalized spacial score (nSPS) is 9.28. The van der Waals surface area contributed by atoms with Gasteiger partial charge in [0.1, 0.15) is 12.5 Å². The lowest BCUT2D eigenvalue weighted by Crippen LogP contribution is -2.13. The molecular weight excluding hydrogens is 240 g/mol. The topological polar surface area (TPSA) is 112 Å². The van der Waals surface area contributed by atoms with Crippen molar-refractivity contribution in [1.29, 1.82) is 0 Å². The van der Waals surface area contributed by atoms with Crippen molar-refractivity contribution in [2.45, 2.75) is 20.8 Å². The molecule has 18 heavy (non-hydrogen) atoms. The third kappa shape index (κ3) is 2.48. The molecular formula is C12H14O6. The van der Waals surface area contributed by atoms with E-state index in [9.17, 15) is 14.7 Å². The van der Waals surface area contributed by atoms with Crippen LogP contribution >= 0.6 is 0 Å². The Balaban J connectivity index is 0.00000137. The van der Waals surface area contributed by atoms with Gasteiger partial charge in [0.15, 0.2) is 0 Å². The van der Waals surface area contributed by atoms with Crippen LogP contribution in [0.5, 0.6) is 5.75 Å². The zero-order chi connectivity index (χ0) is 14.6. The summed E-state index contributed by atoms with van der Waals surface area (Å²) >= 11 is 0. The van der Waals surface area contributed by atoms with Crippen molar-refractivity contribution in [3.05, 3.63) is 27.8 Å². The Kier molecular flexibility index (Phi) is 5.04. The van der Waals surface area contributed by atoms with Crippen LogP contribution in [0.15, 0.2) is 0 Å². The molecule has 0 aliphatic rings. The molecule has 0 unspecified atom stereocenters. The lowest BCUT2D eigenvalue weighted by molar-refractivity contribution is -0.0980. The molecule has 98 valence electrons. The van der Waals surface area contributed by atoms with Gasteiger partial charge < -0.3 is 20.1 Å². The standard InChI is InChI=1S/C11H12O5.CH2O/c1-4-5(2)9(12)6(3)8(11(15)16)7(4)10(13)14;1-2/h12H,1-3H3,(H,13,14)(H,15,16);1H2. The smallest absolute Gasteiger partial charge is 0.336 e. The van der Waals surface area contributed by atoms with E-state index in [4.69, 9.17) is 15.0 Å². The van der Waals surface area contributed by atoms with Gasteiger partial charge in [-0.3, -0.25) is 0 Å². The first kappa shape index (κ1) is 15.6. The SMILES string of the molecule is C=O.Cc1c(C)c(C(=O)O)c(C(=O)O)c(C)c1O. The number of phenolic OH excluding ortho intramolecular Hbond substituents is 1. The van der Waals surface area contributed by atoms with Gasteiger partial charge in [0.05, 0.1) is 11.1 Å². The van der Waals surface area contributed by atoms with Crippen molar-refractivity contribution < 1.29 is 29.7 Å². The Bertz CT molecular complexity index is 459. The van der Waals surface area contributed by atoms with E-state index in [1.165, 1.54) is 13.8 Å². The van der Waals surface area contributed by atoms with E-state index in [1.807, 2.05) is 6.79 Å². The second kappa shape index (κ2) is 5.81. The molecule has 1 aromatic carbocycles.